The van der Waals surface area contributed by atoms with E-state index in [0.717, 1.165) is 25.7 Å². The molecule has 0 radical (unpaired) electrons. The van der Waals surface area contributed by atoms with Crippen molar-refractivity contribution in [2.24, 2.45) is 5.41 Å². The summed E-state index contributed by atoms with van der Waals surface area (Å²) < 4.78 is 0. The van der Waals surface area contributed by atoms with Crippen LogP contribution in [-0.4, -0.2) is 35.0 Å². The zero-order chi connectivity index (χ0) is 15.7. The number of hydrogen-bond donors (Lipinski definition) is 1. The van der Waals surface area contributed by atoms with Gasteiger partial charge in [-0.25, -0.2) is 0 Å². The summed E-state index contributed by atoms with van der Waals surface area (Å²) in [6.45, 7) is 5.43. The molecule has 1 fully saturated rings. The van der Waals surface area contributed by atoms with E-state index in [1.54, 1.807) is 0 Å². The number of carbonyl (C=O) groups is 2. The molecule has 1 aliphatic rings. The van der Waals surface area contributed by atoms with Gasteiger partial charge in [-0.15, -0.1) is 0 Å². The zero-order valence-corrected chi connectivity index (χ0v) is 13.7. The van der Waals surface area contributed by atoms with E-state index in [0.29, 0.717) is 32.4 Å². The van der Waals surface area contributed by atoms with Crippen molar-refractivity contribution in [2.45, 2.75) is 78.1 Å². The van der Waals surface area contributed by atoms with E-state index in [4.69, 9.17) is 0 Å². The number of carbonyl (C=O) groups excluding carboxylic acids is 1. The average Bonchev–Trinajstić information content (AvgIpc) is 2.47. The maximum absolute atomic E-state index is 12.1. The molecule has 1 N–H and O–H groups in total. The first-order valence-corrected chi connectivity index (χ1v) is 8.57. The summed E-state index contributed by atoms with van der Waals surface area (Å²) in [4.78, 5) is 25.5. The van der Waals surface area contributed by atoms with E-state index in [1.807, 2.05) is 11.8 Å². The molecule has 1 aliphatic heterocycles. The van der Waals surface area contributed by atoms with Crippen LogP contribution in [0.2, 0.25) is 0 Å². The summed E-state index contributed by atoms with van der Waals surface area (Å²) in [5.41, 5.74) is -0.591. The Morgan fingerprint density at radius 1 is 1.00 bits per heavy atom. The summed E-state index contributed by atoms with van der Waals surface area (Å²) >= 11 is 0. The van der Waals surface area contributed by atoms with Crippen LogP contribution in [0.25, 0.3) is 0 Å². The number of unbranched alkanes of at least 4 members (excludes halogenated alkanes) is 4. The highest BCUT2D eigenvalue weighted by molar-refractivity contribution is 5.78. The molecule has 0 unspecified atom stereocenters. The topological polar surface area (TPSA) is 57.6 Å². The molecule has 0 aliphatic carbocycles. The van der Waals surface area contributed by atoms with Crippen LogP contribution in [-0.2, 0) is 9.59 Å². The predicted octanol–water partition coefficient (Wildman–Crippen LogP) is 3.84. The lowest BCUT2D eigenvalue weighted by Gasteiger charge is -2.39. The molecule has 21 heavy (non-hydrogen) atoms. The Morgan fingerprint density at radius 2 is 1.62 bits per heavy atom. The van der Waals surface area contributed by atoms with Crippen molar-refractivity contribution in [3.05, 3.63) is 0 Å². The van der Waals surface area contributed by atoms with E-state index in [2.05, 4.69) is 6.92 Å². The first-order chi connectivity index (χ1) is 10.1. The summed E-state index contributed by atoms with van der Waals surface area (Å²) in [5, 5.41) is 9.47. The Balaban J connectivity index is 2.34. The summed E-state index contributed by atoms with van der Waals surface area (Å²) in [5.74, 6) is -0.474. The van der Waals surface area contributed by atoms with Crippen LogP contribution in [0.5, 0.6) is 0 Å². The summed E-state index contributed by atoms with van der Waals surface area (Å²) in [6.07, 6.45) is 9.22. The smallest absolute Gasteiger partial charge is 0.309 e. The second-order valence-electron chi connectivity index (χ2n) is 6.38. The first-order valence-electron chi connectivity index (χ1n) is 8.57. The van der Waals surface area contributed by atoms with Crippen LogP contribution < -0.4 is 0 Å². The number of hydrogen-bond acceptors (Lipinski definition) is 2. The minimum Gasteiger partial charge on any atom is -0.481 e. The quantitative estimate of drug-likeness (QED) is 0.658. The van der Waals surface area contributed by atoms with E-state index in [1.165, 1.54) is 19.3 Å². The lowest BCUT2D eigenvalue weighted by Crippen LogP contribution is -2.46. The van der Waals surface area contributed by atoms with E-state index in [-0.39, 0.29) is 5.91 Å². The van der Waals surface area contributed by atoms with Crippen LogP contribution in [0.15, 0.2) is 0 Å². The van der Waals surface area contributed by atoms with Gasteiger partial charge in [0, 0.05) is 19.5 Å². The average molecular weight is 297 g/mol. The van der Waals surface area contributed by atoms with Crippen molar-refractivity contribution in [1.29, 1.82) is 0 Å². The van der Waals surface area contributed by atoms with Crippen LogP contribution >= 0.6 is 0 Å². The first kappa shape index (κ1) is 18.0. The highest BCUT2D eigenvalue weighted by atomic mass is 16.4. The van der Waals surface area contributed by atoms with E-state index >= 15 is 0 Å². The van der Waals surface area contributed by atoms with Crippen LogP contribution in [0.1, 0.15) is 78.1 Å². The molecular formula is C17H31NO3. The normalized spacial score (nSPS) is 17.7. The molecule has 4 nitrogen and oxygen atoms in total. The summed E-state index contributed by atoms with van der Waals surface area (Å²) in [6, 6.07) is 0. The van der Waals surface area contributed by atoms with Crippen molar-refractivity contribution in [3.63, 3.8) is 0 Å². The number of amides is 1. The predicted molar refractivity (Wildman–Crippen MR) is 84.2 cm³/mol. The van der Waals surface area contributed by atoms with Crippen LogP contribution in [0.4, 0.5) is 0 Å². The van der Waals surface area contributed by atoms with Crippen molar-refractivity contribution < 1.29 is 14.7 Å². The third-order valence-electron chi connectivity index (χ3n) is 4.75. The Bertz CT molecular complexity index is 333. The lowest BCUT2D eigenvalue weighted by molar-refractivity contribution is -0.155. The highest BCUT2D eigenvalue weighted by Crippen LogP contribution is 2.36. The van der Waals surface area contributed by atoms with Crippen LogP contribution in [0.3, 0.4) is 0 Å². The third-order valence-corrected chi connectivity index (χ3v) is 4.75. The second kappa shape index (κ2) is 9.06. The zero-order valence-electron chi connectivity index (χ0n) is 13.7. The van der Waals surface area contributed by atoms with Gasteiger partial charge >= 0.3 is 5.97 Å². The summed E-state index contributed by atoms with van der Waals surface area (Å²) in [7, 11) is 0. The number of piperidine rings is 1. The molecule has 0 spiro atoms. The maximum atomic E-state index is 12.1. The number of likely N-dealkylation sites (tertiary alicyclic amines) is 1. The van der Waals surface area contributed by atoms with Gasteiger partial charge < -0.3 is 10.0 Å². The fourth-order valence-electron chi connectivity index (χ4n) is 3.27. The van der Waals surface area contributed by atoms with E-state index in [9.17, 15) is 14.7 Å². The molecule has 1 saturated heterocycles. The number of rotatable bonds is 9. The maximum Gasteiger partial charge on any atom is 0.309 e. The Morgan fingerprint density at radius 3 is 2.14 bits per heavy atom. The number of carboxylic acid groups (broad SMARTS) is 1. The molecule has 122 valence electrons. The van der Waals surface area contributed by atoms with Gasteiger partial charge in [-0.05, 0) is 25.7 Å². The van der Waals surface area contributed by atoms with Crippen LogP contribution in [0, 0.1) is 5.41 Å². The molecule has 1 amide bonds. The number of aliphatic carboxylic acids is 1. The molecule has 0 saturated carbocycles. The van der Waals surface area contributed by atoms with Crippen molar-refractivity contribution in [1.82, 2.24) is 4.90 Å². The molecule has 1 heterocycles. The van der Waals surface area contributed by atoms with Gasteiger partial charge in [0.25, 0.3) is 0 Å². The fraction of sp³-hybridized carbons (Fsp3) is 0.882. The second-order valence-corrected chi connectivity index (χ2v) is 6.38. The molecule has 0 bridgehead atoms. The van der Waals surface area contributed by atoms with Crippen molar-refractivity contribution >= 4 is 11.9 Å². The molecule has 0 aromatic carbocycles. The SMILES string of the molecule is CCCCCCCC(=O)N1CCC(CCC)(C(=O)O)CC1. The molecular weight excluding hydrogens is 266 g/mol. The molecule has 0 aromatic heterocycles. The van der Waals surface area contributed by atoms with Gasteiger partial charge in [-0.3, -0.25) is 9.59 Å². The van der Waals surface area contributed by atoms with Gasteiger partial charge in [-0.1, -0.05) is 46.0 Å². The standard InChI is InChI=1S/C17H31NO3/c1-3-5-6-7-8-9-15(19)18-13-11-17(10-4-2,12-14-18)16(20)21/h3-14H2,1-2H3,(H,20,21). The monoisotopic (exact) mass is 297 g/mol. The van der Waals surface area contributed by atoms with Gasteiger partial charge in [-0.2, -0.15) is 0 Å². The Hall–Kier alpha value is -1.06. The Kier molecular flexibility index (Phi) is 7.76. The van der Waals surface area contributed by atoms with Crippen molar-refractivity contribution in [2.75, 3.05) is 13.1 Å². The van der Waals surface area contributed by atoms with E-state index < -0.39 is 11.4 Å². The number of carboxylic acids is 1. The minimum absolute atomic E-state index is 0.210. The fourth-order valence-corrected chi connectivity index (χ4v) is 3.27. The molecule has 4 heteroatoms. The largest absolute Gasteiger partial charge is 0.481 e. The molecule has 1 rings (SSSR count). The van der Waals surface area contributed by atoms with Gasteiger partial charge in [0.1, 0.15) is 0 Å². The van der Waals surface area contributed by atoms with Crippen molar-refractivity contribution in [3.8, 4) is 0 Å². The van der Waals surface area contributed by atoms with Gasteiger partial charge in [0.15, 0.2) is 0 Å². The molecule has 0 aromatic rings. The van der Waals surface area contributed by atoms with Gasteiger partial charge in [0.2, 0.25) is 5.91 Å². The number of nitrogens with zero attached hydrogens (tertiary/aromatic N) is 1. The Labute approximate surface area is 128 Å². The highest BCUT2D eigenvalue weighted by Gasteiger charge is 2.41. The molecule has 0 atom stereocenters. The van der Waals surface area contributed by atoms with Gasteiger partial charge in [0.05, 0.1) is 5.41 Å². The minimum atomic E-state index is -0.684. The lowest BCUT2D eigenvalue weighted by atomic mass is 9.75. The third kappa shape index (κ3) is 5.33.